The lowest BCUT2D eigenvalue weighted by Crippen LogP contribution is -2.50. The number of ether oxygens (including phenoxy) is 1. The highest BCUT2D eigenvalue weighted by atomic mass is 16.5. The summed E-state index contributed by atoms with van der Waals surface area (Å²) in [5.74, 6) is 0.847. The van der Waals surface area contributed by atoms with Gasteiger partial charge in [-0.1, -0.05) is 42.0 Å². The predicted octanol–water partition coefficient (Wildman–Crippen LogP) is 2.90. The largest absolute Gasteiger partial charge is 0.489 e. The molecule has 0 aliphatic carbocycles. The van der Waals surface area contributed by atoms with Crippen molar-refractivity contribution in [3.8, 4) is 5.75 Å². The van der Waals surface area contributed by atoms with Crippen molar-refractivity contribution in [3.05, 3.63) is 65.2 Å². The van der Waals surface area contributed by atoms with E-state index in [0.717, 1.165) is 36.5 Å². The molecule has 0 bridgehead atoms. The van der Waals surface area contributed by atoms with Crippen LogP contribution in [0.25, 0.3) is 0 Å². The Morgan fingerprint density at radius 1 is 1.24 bits per heavy atom. The Morgan fingerprint density at radius 3 is 2.76 bits per heavy atom. The first-order valence-corrected chi connectivity index (χ1v) is 9.02. The van der Waals surface area contributed by atoms with Crippen LogP contribution in [0.1, 0.15) is 29.7 Å². The predicted molar refractivity (Wildman–Crippen MR) is 101 cm³/mol. The molecule has 25 heavy (non-hydrogen) atoms. The first kappa shape index (κ1) is 17.9. The number of hydrogen-bond donors (Lipinski definition) is 2. The van der Waals surface area contributed by atoms with Gasteiger partial charge < -0.3 is 15.2 Å². The van der Waals surface area contributed by atoms with Crippen LogP contribution in [0.4, 0.5) is 0 Å². The molecule has 0 radical (unpaired) electrons. The lowest BCUT2D eigenvalue weighted by molar-refractivity contribution is 0.0961. The van der Waals surface area contributed by atoms with Gasteiger partial charge in [0.1, 0.15) is 12.4 Å². The molecule has 2 unspecified atom stereocenters. The van der Waals surface area contributed by atoms with E-state index in [9.17, 15) is 5.11 Å². The fourth-order valence-corrected chi connectivity index (χ4v) is 3.34. The van der Waals surface area contributed by atoms with E-state index >= 15 is 0 Å². The number of rotatable bonds is 6. The summed E-state index contributed by atoms with van der Waals surface area (Å²) >= 11 is 0. The number of nitrogens with zero attached hydrogens (tertiary/aromatic N) is 1. The lowest BCUT2D eigenvalue weighted by atomic mass is 10.0. The highest BCUT2D eigenvalue weighted by Crippen LogP contribution is 2.25. The number of benzene rings is 2. The van der Waals surface area contributed by atoms with Gasteiger partial charge in [-0.15, -0.1) is 0 Å². The quantitative estimate of drug-likeness (QED) is 0.849. The molecule has 2 atom stereocenters. The number of aryl methyl sites for hydroxylation is 1. The smallest absolute Gasteiger partial charge is 0.120 e. The van der Waals surface area contributed by atoms with Crippen molar-refractivity contribution in [2.24, 2.45) is 0 Å². The Hall–Kier alpha value is -1.88. The third-order valence-corrected chi connectivity index (χ3v) is 4.78. The maximum atomic E-state index is 9.94. The van der Waals surface area contributed by atoms with E-state index < -0.39 is 0 Å². The molecule has 2 aromatic rings. The van der Waals surface area contributed by atoms with E-state index in [2.05, 4.69) is 60.5 Å². The third kappa shape index (κ3) is 4.82. The lowest BCUT2D eigenvalue weighted by Gasteiger charge is -2.37. The second kappa shape index (κ2) is 8.48. The van der Waals surface area contributed by atoms with Crippen molar-refractivity contribution in [2.75, 3.05) is 26.2 Å². The van der Waals surface area contributed by atoms with E-state index in [0.29, 0.717) is 12.6 Å². The molecule has 1 heterocycles. The third-order valence-electron chi connectivity index (χ3n) is 4.78. The normalized spacial score (nSPS) is 19.6. The molecule has 4 nitrogen and oxygen atoms in total. The second-order valence-electron chi connectivity index (χ2n) is 6.90. The van der Waals surface area contributed by atoms with Gasteiger partial charge in [0.2, 0.25) is 0 Å². The molecule has 0 spiro atoms. The van der Waals surface area contributed by atoms with Crippen LogP contribution in [0.3, 0.4) is 0 Å². The van der Waals surface area contributed by atoms with Gasteiger partial charge in [0.25, 0.3) is 0 Å². The summed E-state index contributed by atoms with van der Waals surface area (Å²) in [4.78, 5) is 2.35. The Balaban J connectivity index is 1.68. The van der Waals surface area contributed by atoms with Gasteiger partial charge in [0.15, 0.2) is 0 Å². The number of hydrogen-bond acceptors (Lipinski definition) is 4. The van der Waals surface area contributed by atoms with E-state index in [-0.39, 0.29) is 12.6 Å². The molecule has 0 saturated carbocycles. The Bertz CT molecular complexity index is 672. The first-order chi connectivity index (χ1) is 12.2. The minimum Gasteiger partial charge on any atom is -0.489 e. The number of aliphatic hydroxyl groups excluding tert-OH is 1. The number of piperazine rings is 1. The monoisotopic (exact) mass is 340 g/mol. The van der Waals surface area contributed by atoms with Crippen molar-refractivity contribution < 1.29 is 9.84 Å². The first-order valence-electron chi connectivity index (χ1n) is 9.02. The van der Waals surface area contributed by atoms with Crippen molar-refractivity contribution in [3.63, 3.8) is 0 Å². The molecule has 3 rings (SSSR count). The Labute approximate surface area is 150 Å². The van der Waals surface area contributed by atoms with E-state index in [1.165, 1.54) is 5.56 Å². The molecule has 0 aromatic heterocycles. The van der Waals surface area contributed by atoms with Gasteiger partial charge in [-0.25, -0.2) is 0 Å². The van der Waals surface area contributed by atoms with Gasteiger partial charge in [0.05, 0.1) is 12.6 Å². The average Bonchev–Trinajstić information content (AvgIpc) is 2.62. The molecular weight excluding hydrogens is 312 g/mol. The standard InChI is InChI=1S/C21H28N2O2/c1-16-6-8-18(9-7-16)15-25-20-5-3-4-19(12-20)21(14-24)23-11-10-22-17(2)13-23/h3-9,12,17,21-22,24H,10-11,13-15H2,1-2H3. The zero-order chi connectivity index (χ0) is 17.6. The van der Waals surface area contributed by atoms with Gasteiger partial charge >= 0.3 is 0 Å². The van der Waals surface area contributed by atoms with Crippen molar-refractivity contribution in [1.82, 2.24) is 10.2 Å². The summed E-state index contributed by atoms with van der Waals surface area (Å²) in [6.07, 6.45) is 0. The van der Waals surface area contributed by atoms with Crippen LogP contribution in [0, 0.1) is 6.92 Å². The van der Waals surface area contributed by atoms with Crippen LogP contribution in [0.5, 0.6) is 5.75 Å². The molecule has 2 aromatic carbocycles. The van der Waals surface area contributed by atoms with Crippen LogP contribution in [0.2, 0.25) is 0 Å². The molecular formula is C21H28N2O2. The maximum Gasteiger partial charge on any atom is 0.120 e. The highest BCUT2D eigenvalue weighted by molar-refractivity contribution is 5.31. The van der Waals surface area contributed by atoms with Crippen LogP contribution in [0.15, 0.2) is 48.5 Å². The van der Waals surface area contributed by atoms with Crippen LogP contribution in [-0.2, 0) is 6.61 Å². The van der Waals surface area contributed by atoms with Crippen LogP contribution >= 0.6 is 0 Å². The SMILES string of the molecule is Cc1ccc(COc2cccc(C(CO)N3CCNC(C)C3)c2)cc1. The number of aliphatic hydroxyl groups is 1. The molecule has 1 saturated heterocycles. The van der Waals surface area contributed by atoms with E-state index in [4.69, 9.17) is 4.74 Å². The average molecular weight is 340 g/mol. The fourth-order valence-electron chi connectivity index (χ4n) is 3.34. The molecule has 1 aliphatic heterocycles. The summed E-state index contributed by atoms with van der Waals surface area (Å²) in [6, 6.07) is 17.0. The molecule has 134 valence electrons. The molecule has 2 N–H and O–H groups in total. The van der Waals surface area contributed by atoms with Gasteiger partial charge in [0, 0.05) is 25.7 Å². The van der Waals surface area contributed by atoms with Gasteiger partial charge in [-0.3, -0.25) is 4.90 Å². The highest BCUT2D eigenvalue weighted by Gasteiger charge is 2.24. The second-order valence-corrected chi connectivity index (χ2v) is 6.90. The summed E-state index contributed by atoms with van der Waals surface area (Å²) in [6.45, 7) is 7.79. The molecule has 1 aliphatic rings. The van der Waals surface area contributed by atoms with Gasteiger partial charge in [-0.2, -0.15) is 0 Å². The summed E-state index contributed by atoms with van der Waals surface area (Å²) in [7, 11) is 0. The topological polar surface area (TPSA) is 44.7 Å². The zero-order valence-corrected chi connectivity index (χ0v) is 15.1. The van der Waals surface area contributed by atoms with Crippen molar-refractivity contribution in [2.45, 2.75) is 32.5 Å². The Morgan fingerprint density at radius 2 is 2.04 bits per heavy atom. The van der Waals surface area contributed by atoms with Crippen LogP contribution in [-0.4, -0.2) is 42.3 Å². The van der Waals surface area contributed by atoms with E-state index in [1.54, 1.807) is 0 Å². The Kier molecular flexibility index (Phi) is 6.08. The molecule has 0 amide bonds. The van der Waals surface area contributed by atoms with Crippen molar-refractivity contribution in [1.29, 1.82) is 0 Å². The summed E-state index contributed by atoms with van der Waals surface area (Å²) in [5.41, 5.74) is 3.52. The van der Waals surface area contributed by atoms with E-state index in [1.807, 2.05) is 12.1 Å². The van der Waals surface area contributed by atoms with Gasteiger partial charge in [-0.05, 0) is 37.1 Å². The summed E-state index contributed by atoms with van der Waals surface area (Å²) in [5, 5.41) is 13.4. The minimum absolute atomic E-state index is 0.0208. The zero-order valence-electron chi connectivity index (χ0n) is 15.1. The minimum atomic E-state index is 0.0208. The number of nitrogens with one attached hydrogen (secondary N) is 1. The molecule has 4 heteroatoms. The van der Waals surface area contributed by atoms with Crippen LogP contribution < -0.4 is 10.1 Å². The summed E-state index contributed by atoms with van der Waals surface area (Å²) < 4.78 is 5.96. The maximum absolute atomic E-state index is 9.94. The fraction of sp³-hybridized carbons (Fsp3) is 0.429. The molecule has 1 fully saturated rings. The van der Waals surface area contributed by atoms with Crippen molar-refractivity contribution >= 4 is 0 Å².